The largest absolute Gasteiger partial charge is 1.00 e. The van der Waals surface area contributed by atoms with Crippen molar-refractivity contribution < 1.29 is 16.4 Å². The van der Waals surface area contributed by atoms with Gasteiger partial charge >= 0.3 is 1.43 Å². The zero-order chi connectivity index (χ0) is 9.68. The van der Waals surface area contributed by atoms with E-state index in [4.69, 9.17) is 15.0 Å². The average Bonchev–Trinajstić information content (AvgIpc) is 2.49. The number of nitrogens with zero attached hydrogens (tertiary/aromatic N) is 1. The van der Waals surface area contributed by atoms with Gasteiger partial charge in [-0.25, -0.2) is 4.98 Å². The molecule has 13 heavy (non-hydrogen) atoms. The number of hydrogen-bond donors (Lipinski definition) is 2. The van der Waals surface area contributed by atoms with Crippen LogP contribution in [-0.4, -0.2) is 21.2 Å². The van der Waals surface area contributed by atoms with Crippen LogP contribution in [0, 0.1) is 0 Å². The highest BCUT2D eigenvalue weighted by Crippen LogP contribution is 2.05. The van der Waals surface area contributed by atoms with Crippen LogP contribution < -0.4 is 5.11 Å². The summed E-state index contributed by atoms with van der Waals surface area (Å²) in [6.45, 7) is 0. The highest BCUT2D eigenvalue weighted by molar-refractivity contribution is 5.73. The van der Waals surface area contributed by atoms with E-state index in [1.807, 2.05) is 24.3 Å². The van der Waals surface area contributed by atoms with Crippen LogP contribution in [0.1, 0.15) is 1.43 Å². The highest BCUT2D eigenvalue weighted by Gasteiger charge is 1.88. The SMILES string of the molecule is O=C([O-])O.[H+].c1ccc2[nH]cnc2c1. The first-order chi connectivity index (χ1) is 6.20. The molecular weight excluding hydrogens is 172 g/mol. The molecule has 0 aliphatic carbocycles. The molecule has 0 atom stereocenters. The summed E-state index contributed by atoms with van der Waals surface area (Å²) in [5.74, 6) is 0. The summed E-state index contributed by atoms with van der Waals surface area (Å²) in [4.78, 5) is 15.5. The first kappa shape index (κ1) is 9.05. The fraction of sp³-hybridized carbons (Fsp3) is 0. The van der Waals surface area contributed by atoms with Gasteiger partial charge in [0.25, 0.3) is 0 Å². The number of nitrogens with one attached hydrogen (secondary N) is 1. The highest BCUT2D eigenvalue weighted by atomic mass is 16.6. The molecule has 0 aliphatic heterocycles. The van der Waals surface area contributed by atoms with Crippen LogP contribution in [0.25, 0.3) is 11.0 Å². The number of rotatable bonds is 0. The number of H-pyrrole nitrogens is 1. The van der Waals surface area contributed by atoms with Crippen molar-refractivity contribution in [2.24, 2.45) is 0 Å². The molecule has 0 amide bonds. The lowest BCUT2D eigenvalue weighted by atomic mass is 10.3. The van der Waals surface area contributed by atoms with Crippen molar-refractivity contribution in [2.45, 2.75) is 0 Å². The van der Waals surface area contributed by atoms with Gasteiger partial charge in [0.1, 0.15) is 0 Å². The second-order valence-electron chi connectivity index (χ2n) is 2.19. The third kappa shape index (κ3) is 2.82. The van der Waals surface area contributed by atoms with Gasteiger partial charge < -0.3 is 20.0 Å². The van der Waals surface area contributed by atoms with Crippen LogP contribution in [0.15, 0.2) is 30.6 Å². The van der Waals surface area contributed by atoms with Crippen LogP contribution in [-0.2, 0) is 0 Å². The Morgan fingerprint density at radius 3 is 2.77 bits per heavy atom. The van der Waals surface area contributed by atoms with E-state index in [1.165, 1.54) is 0 Å². The van der Waals surface area contributed by atoms with Gasteiger partial charge in [0.15, 0.2) is 0 Å². The molecule has 0 radical (unpaired) electrons. The van der Waals surface area contributed by atoms with Crippen molar-refractivity contribution in [3.63, 3.8) is 0 Å². The number of carbonyl (C=O) groups is 1. The molecule has 0 spiro atoms. The molecule has 0 fully saturated rings. The van der Waals surface area contributed by atoms with Crippen LogP contribution in [0.5, 0.6) is 0 Å². The van der Waals surface area contributed by atoms with E-state index in [0.717, 1.165) is 11.0 Å². The average molecular weight is 180 g/mol. The number of para-hydroxylation sites is 2. The third-order valence-corrected chi connectivity index (χ3v) is 1.33. The van der Waals surface area contributed by atoms with Gasteiger partial charge in [-0.2, -0.15) is 0 Å². The Hall–Kier alpha value is -2.04. The molecule has 5 nitrogen and oxygen atoms in total. The van der Waals surface area contributed by atoms with Gasteiger partial charge in [0, 0.05) is 0 Å². The Labute approximate surface area is 75.1 Å². The van der Waals surface area contributed by atoms with E-state index in [9.17, 15) is 0 Å². The quantitative estimate of drug-likeness (QED) is 0.620. The number of hydrogen-bond acceptors (Lipinski definition) is 3. The van der Waals surface area contributed by atoms with Crippen molar-refractivity contribution in [3.05, 3.63) is 30.6 Å². The maximum atomic E-state index is 8.44. The molecule has 68 valence electrons. The molecule has 0 aliphatic rings. The minimum absolute atomic E-state index is 0. The molecule has 2 rings (SSSR count). The van der Waals surface area contributed by atoms with Gasteiger partial charge in [-0.1, -0.05) is 12.1 Å². The Balaban J connectivity index is 0.000000299. The minimum atomic E-state index is -2.08. The summed E-state index contributed by atoms with van der Waals surface area (Å²) in [6.07, 6.45) is -0.384. The maximum absolute atomic E-state index is 8.44. The molecular formula is C8H8N2O3. The summed E-state index contributed by atoms with van der Waals surface area (Å²) in [6, 6.07) is 7.94. The summed E-state index contributed by atoms with van der Waals surface area (Å²) in [5.41, 5.74) is 2.12. The summed E-state index contributed by atoms with van der Waals surface area (Å²) in [5, 5.41) is 15.3. The smallest absolute Gasteiger partial charge is 0.565 e. The van der Waals surface area contributed by atoms with Crippen molar-refractivity contribution in [2.75, 3.05) is 0 Å². The fourth-order valence-electron chi connectivity index (χ4n) is 0.880. The van der Waals surface area contributed by atoms with Crippen molar-refractivity contribution in [1.82, 2.24) is 9.97 Å². The van der Waals surface area contributed by atoms with E-state index in [2.05, 4.69) is 9.97 Å². The molecule has 1 aromatic heterocycles. The zero-order valence-electron chi connectivity index (χ0n) is 7.60. The van der Waals surface area contributed by atoms with Crippen molar-refractivity contribution >= 4 is 17.2 Å². The predicted molar refractivity (Wildman–Crippen MR) is 45.2 cm³/mol. The summed E-state index contributed by atoms with van der Waals surface area (Å²) in [7, 11) is 0. The standard InChI is InChI=1S/C7H6N2.CH2O3/c1-2-4-7-6(3-1)8-5-9-7;2-1(3)4/h1-5H,(H,8,9);(H2,2,3,4). The zero-order valence-corrected chi connectivity index (χ0v) is 6.60. The monoisotopic (exact) mass is 180 g/mol. The number of aromatic amines is 1. The second-order valence-corrected chi connectivity index (χ2v) is 2.19. The molecule has 2 N–H and O–H groups in total. The Morgan fingerprint density at radius 2 is 2.15 bits per heavy atom. The van der Waals surface area contributed by atoms with Gasteiger partial charge in [-0.3, -0.25) is 0 Å². The first-order valence-electron chi connectivity index (χ1n) is 3.48. The lowest BCUT2D eigenvalue weighted by Crippen LogP contribution is -2.17. The first-order valence-corrected chi connectivity index (χ1v) is 3.48. The van der Waals surface area contributed by atoms with Gasteiger partial charge in [0.2, 0.25) is 6.16 Å². The summed E-state index contributed by atoms with van der Waals surface area (Å²) >= 11 is 0. The van der Waals surface area contributed by atoms with Crippen LogP contribution in [0.2, 0.25) is 0 Å². The Morgan fingerprint density at radius 1 is 1.54 bits per heavy atom. The molecule has 2 aromatic rings. The van der Waals surface area contributed by atoms with E-state index >= 15 is 0 Å². The predicted octanol–water partition coefficient (Wildman–Crippen LogP) is 0.563. The lowest BCUT2D eigenvalue weighted by molar-refractivity contribution is -0.275. The molecule has 0 bridgehead atoms. The van der Waals surface area contributed by atoms with E-state index in [1.54, 1.807) is 6.33 Å². The Kier molecular flexibility index (Phi) is 2.86. The number of carboxylic acid groups (broad SMARTS) is 2. The normalized spacial score (nSPS) is 8.92. The van der Waals surface area contributed by atoms with E-state index in [-0.39, 0.29) is 1.43 Å². The Bertz CT molecular complexity index is 368. The molecule has 1 aromatic carbocycles. The summed E-state index contributed by atoms with van der Waals surface area (Å²) < 4.78 is 0. The number of fused-ring (bicyclic) bond motifs is 1. The number of imidazole rings is 1. The van der Waals surface area contributed by atoms with Crippen molar-refractivity contribution in [1.29, 1.82) is 0 Å². The van der Waals surface area contributed by atoms with Gasteiger partial charge in [0.05, 0.1) is 17.4 Å². The molecule has 0 saturated heterocycles. The lowest BCUT2D eigenvalue weighted by Gasteiger charge is -1.81. The van der Waals surface area contributed by atoms with Crippen LogP contribution in [0.3, 0.4) is 0 Å². The van der Waals surface area contributed by atoms with E-state index < -0.39 is 6.16 Å². The van der Waals surface area contributed by atoms with Crippen molar-refractivity contribution in [3.8, 4) is 0 Å². The molecule has 5 heteroatoms. The fourth-order valence-corrected chi connectivity index (χ4v) is 0.880. The number of aromatic nitrogens is 2. The number of benzene rings is 1. The van der Waals surface area contributed by atoms with Crippen LogP contribution >= 0.6 is 0 Å². The van der Waals surface area contributed by atoms with Gasteiger partial charge in [-0.15, -0.1) is 0 Å². The van der Waals surface area contributed by atoms with Crippen LogP contribution in [0.4, 0.5) is 4.79 Å². The molecule has 1 heterocycles. The minimum Gasteiger partial charge on any atom is -0.565 e. The second kappa shape index (κ2) is 4.10. The third-order valence-electron chi connectivity index (χ3n) is 1.33. The van der Waals surface area contributed by atoms with E-state index in [0.29, 0.717) is 0 Å². The molecule has 0 unspecified atom stereocenters. The molecule has 0 saturated carbocycles. The van der Waals surface area contributed by atoms with Gasteiger partial charge in [-0.05, 0) is 12.1 Å². The topological polar surface area (TPSA) is 89.0 Å². The maximum Gasteiger partial charge on any atom is 1.00 e.